The Hall–Kier alpha value is -1.45. The van der Waals surface area contributed by atoms with Crippen LogP contribution < -0.4 is 5.32 Å². The Bertz CT molecular complexity index is 832. The van der Waals surface area contributed by atoms with Gasteiger partial charge in [-0.1, -0.05) is 20.3 Å². The fraction of sp³-hybridized carbons (Fsp3) is 0.700. The van der Waals surface area contributed by atoms with E-state index >= 15 is 0 Å². The molecular formula is C20H32N2O5S2. The molecule has 0 spiro atoms. The normalized spacial score (nSPS) is 19.7. The van der Waals surface area contributed by atoms with Crippen molar-refractivity contribution < 1.29 is 22.7 Å². The molecule has 1 heterocycles. The minimum Gasteiger partial charge on any atom is -0.462 e. The molecule has 1 amide bonds. The number of nitrogens with one attached hydrogen (secondary N) is 1. The molecule has 0 aliphatic heterocycles. The molecule has 0 saturated heterocycles. The summed E-state index contributed by atoms with van der Waals surface area (Å²) in [5.74, 6) is -0.334. The number of thiophene rings is 1. The first-order valence-electron chi connectivity index (χ1n) is 10.0. The van der Waals surface area contributed by atoms with E-state index in [0.717, 1.165) is 24.8 Å². The molecule has 1 aromatic rings. The molecule has 1 aliphatic rings. The molecule has 1 N–H and O–H groups in total. The second-order valence-corrected chi connectivity index (χ2v) is 11.3. The Labute approximate surface area is 177 Å². The number of rotatable bonds is 9. The molecule has 1 aliphatic carbocycles. The maximum atomic E-state index is 12.7. The molecular weight excluding hydrogens is 412 g/mol. The number of anilines is 1. The minimum atomic E-state index is -3.16. The van der Waals surface area contributed by atoms with Gasteiger partial charge in [0, 0.05) is 12.3 Å². The lowest BCUT2D eigenvalue weighted by molar-refractivity contribution is -0.117. The van der Waals surface area contributed by atoms with Crippen LogP contribution in [0.1, 0.15) is 56.0 Å². The average molecular weight is 445 g/mol. The van der Waals surface area contributed by atoms with Crippen molar-refractivity contribution in [1.29, 1.82) is 0 Å². The van der Waals surface area contributed by atoms with E-state index in [4.69, 9.17) is 4.74 Å². The SMILES string of the molecule is CCOC(=O)c1c(CC(C)C)csc1NC(=O)CN(C)[C@H]1CCC[C@@H]1S(C)(=O)=O. The summed E-state index contributed by atoms with van der Waals surface area (Å²) < 4.78 is 29.2. The summed E-state index contributed by atoms with van der Waals surface area (Å²) in [5, 5.41) is 4.78. The summed E-state index contributed by atoms with van der Waals surface area (Å²) in [6, 6.07) is -0.167. The molecule has 164 valence electrons. The Morgan fingerprint density at radius 3 is 2.62 bits per heavy atom. The predicted molar refractivity (Wildman–Crippen MR) is 116 cm³/mol. The number of amides is 1. The van der Waals surface area contributed by atoms with Gasteiger partial charge in [0.05, 0.1) is 24.0 Å². The summed E-state index contributed by atoms with van der Waals surface area (Å²) in [4.78, 5) is 26.9. The third-order valence-electron chi connectivity index (χ3n) is 5.15. The maximum absolute atomic E-state index is 12.7. The highest BCUT2D eigenvalue weighted by Gasteiger charge is 2.37. The monoisotopic (exact) mass is 444 g/mol. The zero-order valence-electron chi connectivity index (χ0n) is 17.9. The van der Waals surface area contributed by atoms with E-state index in [-0.39, 0.29) is 25.1 Å². The third-order valence-corrected chi connectivity index (χ3v) is 7.75. The zero-order chi connectivity index (χ0) is 21.8. The van der Waals surface area contributed by atoms with Crippen LogP contribution in [0.4, 0.5) is 5.00 Å². The topological polar surface area (TPSA) is 92.8 Å². The number of carbonyl (C=O) groups is 2. The van der Waals surface area contributed by atoms with Crippen molar-refractivity contribution in [3.05, 3.63) is 16.5 Å². The second kappa shape index (κ2) is 10.0. The summed E-state index contributed by atoms with van der Waals surface area (Å²) in [6.45, 7) is 6.22. The van der Waals surface area contributed by atoms with Crippen LogP contribution in [-0.4, -0.2) is 62.9 Å². The fourth-order valence-electron chi connectivity index (χ4n) is 3.92. The number of ether oxygens (including phenoxy) is 1. The summed E-state index contributed by atoms with van der Waals surface area (Å²) in [5.41, 5.74) is 1.30. The van der Waals surface area contributed by atoms with E-state index in [9.17, 15) is 18.0 Å². The van der Waals surface area contributed by atoms with Gasteiger partial charge in [-0.2, -0.15) is 0 Å². The highest BCUT2D eigenvalue weighted by atomic mass is 32.2. The highest BCUT2D eigenvalue weighted by Crippen LogP contribution is 2.32. The van der Waals surface area contributed by atoms with Gasteiger partial charge >= 0.3 is 5.97 Å². The first-order valence-corrected chi connectivity index (χ1v) is 12.8. The average Bonchev–Trinajstić information content (AvgIpc) is 3.21. The molecule has 1 aromatic heterocycles. The first kappa shape index (κ1) is 23.8. The van der Waals surface area contributed by atoms with E-state index in [1.54, 1.807) is 18.9 Å². The lowest BCUT2D eigenvalue weighted by Gasteiger charge is -2.28. The standard InChI is InChI=1S/C20H32N2O5S2/c1-6-27-20(24)18-14(10-13(2)3)12-28-19(18)21-17(23)11-22(4)15-8-7-9-16(15)29(5,25)26/h12-13,15-16H,6-11H2,1-5H3,(H,21,23)/t15-,16-/m0/s1. The number of carbonyl (C=O) groups excluding carboxylic acids is 2. The number of hydrogen-bond donors (Lipinski definition) is 1. The van der Waals surface area contributed by atoms with Crippen molar-refractivity contribution in [2.24, 2.45) is 5.92 Å². The van der Waals surface area contributed by atoms with Gasteiger partial charge in [0.2, 0.25) is 5.91 Å². The predicted octanol–water partition coefficient (Wildman–Crippen LogP) is 2.96. The van der Waals surface area contributed by atoms with Crippen LogP contribution >= 0.6 is 11.3 Å². The van der Waals surface area contributed by atoms with Crippen molar-refractivity contribution >= 4 is 38.1 Å². The van der Waals surface area contributed by atoms with Crippen molar-refractivity contribution in [1.82, 2.24) is 4.90 Å². The van der Waals surface area contributed by atoms with E-state index in [1.807, 2.05) is 5.38 Å². The van der Waals surface area contributed by atoms with Gasteiger partial charge in [-0.25, -0.2) is 13.2 Å². The van der Waals surface area contributed by atoms with Crippen LogP contribution in [0.5, 0.6) is 0 Å². The number of likely N-dealkylation sites (N-methyl/N-ethyl adjacent to an activating group) is 1. The number of nitrogens with zero attached hydrogens (tertiary/aromatic N) is 1. The van der Waals surface area contributed by atoms with E-state index in [2.05, 4.69) is 19.2 Å². The summed E-state index contributed by atoms with van der Waals surface area (Å²) in [6.07, 6.45) is 4.21. The van der Waals surface area contributed by atoms with Gasteiger partial charge in [-0.3, -0.25) is 9.69 Å². The number of esters is 1. The van der Waals surface area contributed by atoms with Gasteiger partial charge in [-0.05, 0) is 50.1 Å². The molecule has 2 rings (SSSR count). The van der Waals surface area contributed by atoms with Gasteiger partial charge in [0.25, 0.3) is 0 Å². The maximum Gasteiger partial charge on any atom is 0.341 e. The van der Waals surface area contributed by atoms with E-state index < -0.39 is 21.1 Å². The van der Waals surface area contributed by atoms with Crippen LogP contribution in [0.25, 0.3) is 0 Å². The molecule has 2 atom stereocenters. The molecule has 0 bridgehead atoms. The lowest BCUT2D eigenvalue weighted by Crippen LogP contribution is -2.44. The fourth-order valence-corrected chi connectivity index (χ4v) is 6.41. The van der Waals surface area contributed by atoms with Crippen LogP contribution in [0.2, 0.25) is 0 Å². The van der Waals surface area contributed by atoms with Gasteiger partial charge in [-0.15, -0.1) is 11.3 Å². The van der Waals surface area contributed by atoms with Gasteiger partial charge < -0.3 is 10.1 Å². The van der Waals surface area contributed by atoms with Gasteiger partial charge in [0.1, 0.15) is 5.00 Å². The summed E-state index contributed by atoms with van der Waals surface area (Å²) >= 11 is 1.32. The molecule has 1 saturated carbocycles. The molecule has 1 fully saturated rings. The van der Waals surface area contributed by atoms with Gasteiger partial charge in [0.15, 0.2) is 9.84 Å². The largest absolute Gasteiger partial charge is 0.462 e. The van der Waals surface area contributed by atoms with Crippen LogP contribution in [0.15, 0.2) is 5.38 Å². The second-order valence-electron chi connectivity index (χ2n) is 8.11. The molecule has 9 heteroatoms. The smallest absolute Gasteiger partial charge is 0.341 e. The molecule has 0 aromatic carbocycles. The molecule has 0 unspecified atom stereocenters. The highest BCUT2D eigenvalue weighted by molar-refractivity contribution is 7.91. The zero-order valence-corrected chi connectivity index (χ0v) is 19.5. The van der Waals surface area contributed by atoms with Crippen LogP contribution in [-0.2, 0) is 25.8 Å². The molecule has 7 nitrogen and oxygen atoms in total. The van der Waals surface area contributed by atoms with E-state index in [0.29, 0.717) is 22.9 Å². The first-order chi connectivity index (χ1) is 13.5. The number of sulfone groups is 1. The van der Waals surface area contributed by atoms with Crippen molar-refractivity contribution in [3.8, 4) is 0 Å². The minimum absolute atomic E-state index is 0.0658. The Balaban J connectivity index is 2.12. The summed E-state index contributed by atoms with van der Waals surface area (Å²) in [7, 11) is -1.38. The third kappa shape index (κ3) is 6.26. The number of hydrogen-bond acceptors (Lipinski definition) is 7. The van der Waals surface area contributed by atoms with Crippen LogP contribution in [0, 0.1) is 5.92 Å². The molecule has 29 heavy (non-hydrogen) atoms. The van der Waals surface area contributed by atoms with E-state index in [1.165, 1.54) is 17.6 Å². The lowest BCUT2D eigenvalue weighted by atomic mass is 10.0. The quantitative estimate of drug-likeness (QED) is 0.589. The Morgan fingerprint density at radius 2 is 2.03 bits per heavy atom. The van der Waals surface area contributed by atoms with Crippen molar-refractivity contribution in [2.75, 3.05) is 31.8 Å². The Morgan fingerprint density at radius 1 is 1.34 bits per heavy atom. The molecule has 0 radical (unpaired) electrons. The van der Waals surface area contributed by atoms with Crippen molar-refractivity contribution in [3.63, 3.8) is 0 Å². The Kier molecular flexibility index (Phi) is 8.25. The van der Waals surface area contributed by atoms with Crippen molar-refractivity contribution in [2.45, 2.75) is 57.7 Å². The van der Waals surface area contributed by atoms with Crippen LogP contribution in [0.3, 0.4) is 0 Å².